The average molecular weight is 288 g/mol. The fraction of sp³-hybridized carbons (Fsp3) is 0.500. The SMILES string of the molecule is O=C(O)[C@@H]1CCCN(C(=O)c2cccc3c2CCNC3)C1. The fourth-order valence-corrected chi connectivity index (χ4v) is 3.27. The third kappa shape index (κ3) is 2.78. The predicted molar refractivity (Wildman–Crippen MR) is 78.1 cm³/mol. The van der Waals surface area contributed by atoms with Crippen molar-refractivity contribution in [1.29, 1.82) is 0 Å². The lowest BCUT2D eigenvalue weighted by Gasteiger charge is -2.32. The van der Waals surface area contributed by atoms with E-state index in [0.29, 0.717) is 19.5 Å². The number of hydrogen-bond acceptors (Lipinski definition) is 3. The number of nitrogens with one attached hydrogen (secondary N) is 1. The van der Waals surface area contributed by atoms with E-state index in [2.05, 4.69) is 11.4 Å². The highest BCUT2D eigenvalue weighted by atomic mass is 16.4. The van der Waals surface area contributed by atoms with Crippen LogP contribution in [0, 0.1) is 5.92 Å². The molecule has 1 atom stereocenters. The number of hydrogen-bond donors (Lipinski definition) is 2. The van der Waals surface area contributed by atoms with Crippen LogP contribution in [0.2, 0.25) is 0 Å². The first-order valence-electron chi connectivity index (χ1n) is 7.50. The summed E-state index contributed by atoms with van der Waals surface area (Å²) >= 11 is 0. The molecule has 21 heavy (non-hydrogen) atoms. The number of nitrogens with zero attached hydrogens (tertiary/aromatic N) is 1. The van der Waals surface area contributed by atoms with E-state index in [1.165, 1.54) is 5.56 Å². The smallest absolute Gasteiger partial charge is 0.308 e. The fourth-order valence-electron chi connectivity index (χ4n) is 3.27. The van der Waals surface area contributed by atoms with Crippen LogP contribution in [0.25, 0.3) is 0 Å². The zero-order valence-corrected chi connectivity index (χ0v) is 12.0. The maximum absolute atomic E-state index is 12.8. The molecule has 5 nitrogen and oxygen atoms in total. The van der Waals surface area contributed by atoms with E-state index in [4.69, 9.17) is 5.11 Å². The van der Waals surface area contributed by atoms with E-state index in [1.807, 2.05) is 12.1 Å². The van der Waals surface area contributed by atoms with Crippen LogP contribution < -0.4 is 5.32 Å². The zero-order chi connectivity index (χ0) is 14.8. The monoisotopic (exact) mass is 288 g/mol. The molecule has 2 aliphatic heterocycles. The number of aliphatic carboxylic acids is 1. The van der Waals surface area contributed by atoms with Crippen LogP contribution in [0.3, 0.4) is 0 Å². The van der Waals surface area contributed by atoms with Gasteiger partial charge in [-0.2, -0.15) is 0 Å². The predicted octanol–water partition coefficient (Wildman–Crippen LogP) is 1.27. The molecule has 0 bridgehead atoms. The number of benzene rings is 1. The molecular weight excluding hydrogens is 268 g/mol. The number of carboxylic acids is 1. The molecule has 0 radical (unpaired) electrons. The third-order valence-corrected chi connectivity index (χ3v) is 4.43. The molecule has 0 saturated carbocycles. The van der Waals surface area contributed by atoms with Gasteiger partial charge in [-0.25, -0.2) is 0 Å². The molecule has 0 aliphatic carbocycles. The Bertz CT molecular complexity index is 571. The van der Waals surface area contributed by atoms with E-state index in [1.54, 1.807) is 4.90 Å². The molecule has 2 aliphatic rings. The topological polar surface area (TPSA) is 69.6 Å². The Kier molecular flexibility index (Phi) is 3.92. The van der Waals surface area contributed by atoms with E-state index in [9.17, 15) is 9.59 Å². The van der Waals surface area contributed by atoms with E-state index < -0.39 is 11.9 Å². The van der Waals surface area contributed by atoms with Crippen molar-refractivity contribution < 1.29 is 14.7 Å². The molecule has 5 heteroatoms. The van der Waals surface area contributed by atoms with E-state index in [-0.39, 0.29) is 5.91 Å². The highest BCUT2D eigenvalue weighted by molar-refractivity contribution is 5.96. The molecule has 0 unspecified atom stereocenters. The Hall–Kier alpha value is -1.88. The lowest BCUT2D eigenvalue weighted by molar-refractivity contribution is -0.143. The Morgan fingerprint density at radius 2 is 2.19 bits per heavy atom. The summed E-state index contributed by atoms with van der Waals surface area (Å²) < 4.78 is 0. The van der Waals surface area contributed by atoms with Gasteiger partial charge in [-0.1, -0.05) is 12.1 Å². The van der Waals surface area contributed by atoms with Crippen molar-refractivity contribution in [1.82, 2.24) is 10.2 Å². The van der Waals surface area contributed by atoms with Crippen LogP contribution in [0.1, 0.15) is 34.3 Å². The maximum atomic E-state index is 12.8. The number of fused-ring (bicyclic) bond motifs is 1. The lowest BCUT2D eigenvalue weighted by Crippen LogP contribution is -2.43. The third-order valence-electron chi connectivity index (χ3n) is 4.43. The zero-order valence-electron chi connectivity index (χ0n) is 12.0. The standard InChI is InChI=1S/C16H20N2O3/c19-15(18-8-2-4-12(10-18)16(20)21)14-5-1-3-11-9-17-7-6-13(11)14/h1,3,5,12,17H,2,4,6-10H2,(H,20,21)/t12-/m1/s1. The molecule has 1 amide bonds. The van der Waals surface area contributed by atoms with Crippen molar-refractivity contribution in [3.63, 3.8) is 0 Å². The van der Waals surface area contributed by atoms with Crippen LogP contribution in [0.4, 0.5) is 0 Å². The van der Waals surface area contributed by atoms with E-state index in [0.717, 1.165) is 37.1 Å². The number of amides is 1. The van der Waals surface area contributed by atoms with Crippen molar-refractivity contribution in [2.75, 3.05) is 19.6 Å². The van der Waals surface area contributed by atoms with Gasteiger partial charge in [0.25, 0.3) is 5.91 Å². The molecular formula is C16H20N2O3. The van der Waals surface area contributed by atoms with Gasteiger partial charge in [-0.3, -0.25) is 9.59 Å². The summed E-state index contributed by atoms with van der Waals surface area (Å²) in [5.74, 6) is -1.24. The van der Waals surface area contributed by atoms with Crippen molar-refractivity contribution in [2.45, 2.75) is 25.8 Å². The summed E-state index contributed by atoms with van der Waals surface area (Å²) in [6, 6.07) is 5.84. The van der Waals surface area contributed by atoms with Crippen LogP contribution in [-0.4, -0.2) is 41.5 Å². The summed E-state index contributed by atoms with van der Waals surface area (Å²) in [6.45, 7) is 2.67. The minimum atomic E-state index is -0.799. The first kappa shape index (κ1) is 14.1. The number of piperidine rings is 1. The van der Waals surface area contributed by atoms with Crippen molar-refractivity contribution in [3.8, 4) is 0 Å². The van der Waals surface area contributed by atoms with Gasteiger partial charge in [0.15, 0.2) is 0 Å². The normalized spacial score (nSPS) is 21.7. The highest BCUT2D eigenvalue weighted by Gasteiger charge is 2.30. The number of likely N-dealkylation sites (tertiary alicyclic amines) is 1. The first-order chi connectivity index (χ1) is 10.2. The minimum absolute atomic E-state index is 0.0142. The largest absolute Gasteiger partial charge is 0.481 e. The van der Waals surface area contributed by atoms with Crippen LogP contribution in [-0.2, 0) is 17.8 Å². The molecule has 1 fully saturated rings. The van der Waals surface area contributed by atoms with Gasteiger partial charge in [0, 0.05) is 25.2 Å². The molecule has 2 heterocycles. The Balaban J connectivity index is 1.83. The van der Waals surface area contributed by atoms with Gasteiger partial charge < -0.3 is 15.3 Å². The Morgan fingerprint density at radius 3 is 3.00 bits per heavy atom. The Morgan fingerprint density at radius 1 is 1.33 bits per heavy atom. The summed E-state index contributed by atoms with van der Waals surface area (Å²) in [6.07, 6.45) is 2.28. The molecule has 3 rings (SSSR count). The molecule has 1 aromatic rings. The highest BCUT2D eigenvalue weighted by Crippen LogP contribution is 2.23. The molecule has 2 N–H and O–H groups in total. The second-order valence-corrected chi connectivity index (χ2v) is 5.80. The molecule has 112 valence electrons. The van der Waals surface area contributed by atoms with Gasteiger partial charge >= 0.3 is 5.97 Å². The average Bonchev–Trinajstić information content (AvgIpc) is 2.53. The maximum Gasteiger partial charge on any atom is 0.308 e. The minimum Gasteiger partial charge on any atom is -0.481 e. The second-order valence-electron chi connectivity index (χ2n) is 5.80. The van der Waals surface area contributed by atoms with Crippen molar-refractivity contribution >= 4 is 11.9 Å². The summed E-state index contributed by atoms with van der Waals surface area (Å²) in [5, 5.41) is 12.5. The van der Waals surface area contributed by atoms with Gasteiger partial charge in [0.05, 0.1) is 5.92 Å². The summed E-state index contributed by atoms with van der Waals surface area (Å²) in [5.41, 5.74) is 3.05. The summed E-state index contributed by atoms with van der Waals surface area (Å²) in [4.78, 5) is 25.6. The number of carbonyl (C=O) groups is 2. The van der Waals surface area contributed by atoms with Gasteiger partial charge in [0.2, 0.25) is 0 Å². The first-order valence-corrected chi connectivity index (χ1v) is 7.50. The van der Waals surface area contributed by atoms with Crippen molar-refractivity contribution in [2.24, 2.45) is 5.92 Å². The summed E-state index contributed by atoms with van der Waals surface area (Å²) in [7, 11) is 0. The molecule has 1 saturated heterocycles. The number of rotatable bonds is 2. The van der Waals surface area contributed by atoms with Crippen LogP contribution >= 0.6 is 0 Å². The second kappa shape index (κ2) is 5.85. The Labute approximate surface area is 123 Å². The molecule has 0 aromatic heterocycles. The van der Waals surface area contributed by atoms with Gasteiger partial charge in [-0.15, -0.1) is 0 Å². The van der Waals surface area contributed by atoms with Crippen LogP contribution in [0.15, 0.2) is 18.2 Å². The van der Waals surface area contributed by atoms with Crippen molar-refractivity contribution in [3.05, 3.63) is 34.9 Å². The van der Waals surface area contributed by atoms with Gasteiger partial charge in [0.1, 0.15) is 0 Å². The molecule has 1 aromatic carbocycles. The number of carbonyl (C=O) groups excluding carboxylic acids is 1. The lowest BCUT2D eigenvalue weighted by atomic mass is 9.93. The van der Waals surface area contributed by atoms with Crippen LogP contribution in [0.5, 0.6) is 0 Å². The number of carboxylic acid groups (broad SMARTS) is 1. The quantitative estimate of drug-likeness (QED) is 0.860. The molecule has 0 spiro atoms. The van der Waals surface area contributed by atoms with Gasteiger partial charge in [-0.05, 0) is 43.0 Å². The van der Waals surface area contributed by atoms with E-state index >= 15 is 0 Å².